The zero-order chi connectivity index (χ0) is 45.5. The minimum absolute atomic E-state index is 0.0655. The van der Waals surface area contributed by atoms with E-state index in [0.29, 0.717) is 5.92 Å². The van der Waals surface area contributed by atoms with Gasteiger partial charge in [-0.2, -0.15) is 0 Å². The number of imidazole rings is 2. The number of allylic oxidation sites excluding steroid dienone is 5. The Hall–Kier alpha value is -6.26. The molecular formula is C59H66N4. The van der Waals surface area contributed by atoms with Gasteiger partial charge in [0.2, 0.25) is 0 Å². The Morgan fingerprint density at radius 2 is 1.17 bits per heavy atom. The van der Waals surface area contributed by atoms with Crippen LogP contribution in [0, 0.1) is 41.5 Å². The molecule has 4 nitrogen and oxygen atoms in total. The van der Waals surface area contributed by atoms with Gasteiger partial charge in [0.15, 0.2) is 0 Å². The molecule has 7 aromatic rings. The first-order valence-corrected chi connectivity index (χ1v) is 22.6. The van der Waals surface area contributed by atoms with Crippen molar-refractivity contribution in [1.29, 1.82) is 0 Å². The summed E-state index contributed by atoms with van der Waals surface area (Å²) in [4.78, 5) is 10.8. The lowest BCUT2D eigenvalue weighted by atomic mass is 9.77. The van der Waals surface area contributed by atoms with Crippen LogP contribution < -0.4 is 0 Å². The quantitative estimate of drug-likeness (QED) is 0.122. The average Bonchev–Trinajstić information content (AvgIpc) is 3.76. The molecule has 0 spiro atoms. The van der Waals surface area contributed by atoms with Crippen LogP contribution in [0.4, 0.5) is 0 Å². The zero-order valence-corrected chi connectivity index (χ0v) is 40.3. The molecule has 0 N–H and O–H groups in total. The minimum atomic E-state index is 0.0655. The first kappa shape index (κ1) is 44.8. The van der Waals surface area contributed by atoms with Crippen LogP contribution in [0.1, 0.15) is 104 Å². The van der Waals surface area contributed by atoms with Crippen molar-refractivity contribution in [3.8, 4) is 67.4 Å². The predicted molar refractivity (Wildman–Crippen MR) is 271 cm³/mol. The van der Waals surface area contributed by atoms with E-state index in [1.54, 1.807) is 0 Å². The van der Waals surface area contributed by atoms with Gasteiger partial charge in [0.25, 0.3) is 0 Å². The van der Waals surface area contributed by atoms with E-state index in [2.05, 4.69) is 222 Å². The van der Waals surface area contributed by atoms with Crippen LogP contribution >= 0.6 is 0 Å². The Morgan fingerprint density at radius 1 is 0.651 bits per heavy atom. The average molecular weight is 831 g/mol. The molecule has 0 bridgehead atoms. The van der Waals surface area contributed by atoms with E-state index in [1.165, 1.54) is 61.2 Å². The third kappa shape index (κ3) is 8.24. The maximum atomic E-state index is 5.59. The Kier molecular flexibility index (Phi) is 12.7. The Labute approximate surface area is 377 Å². The fourth-order valence-corrected chi connectivity index (χ4v) is 10.4. The number of aromatic nitrogens is 4. The SMILES string of the molecule is C=C/C=C(\C=C/C)c1c(-c2ccc(-c3c(-c4ccccc4)nc(C(C)CC)n3C)cc2)nc(-c2c(C)cc(C)c(-c3ccc(-c4c(C)cc(C)c(C(C)(C)C)c4C)cc3)c2C)n1C. The molecule has 5 aromatic carbocycles. The van der Waals surface area contributed by atoms with Gasteiger partial charge in [-0.3, -0.25) is 0 Å². The van der Waals surface area contributed by atoms with Crippen molar-refractivity contribution in [1.82, 2.24) is 19.1 Å². The summed E-state index contributed by atoms with van der Waals surface area (Å²) in [7, 11) is 4.31. The van der Waals surface area contributed by atoms with Crippen LogP contribution in [0.5, 0.6) is 0 Å². The van der Waals surface area contributed by atoms with Gasteiger partial charge in [-0.05, 0) is 121 Å². The number of hydrogen-bond donors (Lipinski definition) is 0. The number of aryl methyl sites for hydroxylation is 4. The first-order chi connectivity index (χ1) is 30.0. The lowest BCUT2D eigenvalue weighted by Gasteiger charge is -2.27. The van der Waals surface area contributed by atoms with Gasteiger partial charge in [-0.25, -0.2) is 9.97 Å². The summed E-state index contributed by atoms with van der Waals surface area (Å²) in [5, 5.41) is 0. The maximum Gasteiger partial charge on any atom is 0.141 e. The third-order valence-corrected chi connectivity index (χ3v) is 13.1. The van der Waals surface area contributed by atoms with Gasteiger partial charge >= 0.3 is 0 Å². The number of rotatable bonds is 11. The monoisotopic (exact) mass is 831 g/mol. The molecule has 0 amide bonds. The molecule has 1 unspecified atom stereocenters. The Morgan fingerprint density at radius 3 is 1.73 bits per heavy atom. The predicted octanol–water partition coefficient (Wildman–Crippen LogP) is 16.0. The number of hydrogen-bond acceptors (Lipinski definition) is 2. The molecule has 0 saturated carbocycles. The lowest BCUT2D eigenvalue weighted by molar-refractivity contribution is 0.582. The van der Waals surface area contributed by atoms with Gasteiger partial charge in [0, 0.05) is 47.8 Å². The highest BCUT2D eigenvalue weighted by Crippen LogP contribution is 2.43. The summed E-state index contributed by atoms with van der Waals surface area (Å²) >= 11 is 0. The van der Waals surface area contributed by atoms with Gasteiger partial charge < -0.3 is 9.13 Å². The van der Waals surface area contributed by atoms with Crippen LogP contribution in [0.3, 0.4) is 0 Å². The molecule has 7 rings (SSSR count). The van der Waals surface area contributed by atoms with Crippen LogP contribution in [0.25, 0.3) is 73.0 Å². The fourth-order valence-electron chi connectivity index (χ4n) is 10.4. The third-order valence-electron chi connectivity index (χ3n) is 13.1. The summed E-state index contributed by atoms with van der Waals surface area (Å²) in [5.74, 6) is 2.38. The van der Waals surface area contributed by atoms with Crippen molar-refractivity contribution < 1.29 is 0 Å². The molecule has 63 heavy (non-hydrogen) atoms. The molecule has 1 atom stereocenters. The number of nitrogens with zero attached hydrogens (tertiary/aromatic N) is 4. The molecule has 2 heterocycles. The van der Waals surface area contributed by atoms with E-state index in [4.69, 9.17) is 9.97 Å². The van der Waals surface area contributed by atoms with E-state index in [-0.39, 0.29) is 5.41 Å². The van der Waals surface area contributed by atoms with Crippen LogP contribution in [0.2, 0.25) is 0 Å². The highest BCUT2D eigenvalue weighted by atomic mass is 15.1. The molecule has 0 aliphatic rings. The molecule has 2 aromatic heterocycles. The minimum Gasteiger partial charge on any atom is -0.330 e. The summed E-state index contributed by atoms with van der Waals surface area (Å²) < 4.78 is 4.56. The first-order valence-electron chi connectivity index (χ1n) is 22.6. The zero-order valence-electron chi connectivity index (χ0n) is 40.3. The van der Waals surface area contributed by atoms with Crippen LogP contribution in [0.15, 0.2) is 122 Å². The van der Waals surface area contributed by atoms with E-state index in [1.807, 2.05) is 6.08 Å². The van der Waals surface area contributed by atoms with Crippen molar-refractivity contribution in [2.45, 2.75) is 101 Å². The Bertz CT molecular complexity index is 2880. The van der Waals surface area contributed by atoms with Gasteiger partial charge in [0.05, 0.1) is 22.8 Å². The lowest BCUT2D eigenvalue weighted by Crippen LogP contribution is -2.16. The molecule has 0 aliphatic heterocycles. The molecule has 0 saturated heterocycles. The normalized spacial score (nSPS) is 12.7. The maximum absolute atomic E-state index is 5.59. The fraction of sp³-hybridized carbons (Fsp3) is 0.288. The molecule has 0 radical (unpaired) electrons. The molecule has 0 aliphatic carbocycles. The molecular weight excluding hydrogens is 765 g/mol. The van der Waals surface area contributed by atoms with Crippen LogP contribution in [-0.2, 0) is 19.5 Å². The van der Waals surface area contributed by atoms with Crippen molar-refractivity contribution in [2.24, 2.45) is 14.1 Å². The van der Waals surface area contributed by atoms with Crippen molar-refractivity contribution in [2.75, 3.05) is 0 Å². The molecule has 0 fully saturated rings. The highest BCUT2D eigenvalue weighted by Gasteiger charge is 2.26. The van der Waals surface area contributed by atoms with Crippen molar-refractivity contribution in [3.63, 3.8) is 0 Å². The second-order valence-electron chi connectivity index (χ2n) is 18.6. The Balaban J connectivity index is 1.36. The van der Waals surface area contributed by atoms with Crippen LogP contribution in [-0.4, -0.2) is 19.1 Å². The van der Waals surface area contributed by atoms with Gasteiger partial charge in [-0.15, -0.1) is 0 Å². The highest BCUT2D eigenvalue weighted by molar-refractivity contribution is 5.89. The van der Waals surface area contributed by atoms with Gasteiger partial charge in [-0.1, -0.05) is 156 Å². The molecule has 4 heteroatoms. The van der Waals surface area contributed by atoms with E-state index >= 15 is 0 Å². The van der Waals surface area contributed by atoms with E-state index < -0.39 is 0 Å². The summed E-state index contributed by atoms with van der Waals surface area (Å²) in [5.41, 5.74) is 23.9. The standard InChI is InChI=1S/C59H66N4/c1-16-22-47(23-17-2)55-54(46-30-32-48(33-31-46)56-53(45-24-20-19-21-25-45)60-57(62(56)14)36(4)18-3)61-58(63(55)15)51-39(7)34-37(5)49(41(51)9)43-26-28-44(29-27-43)50-38(6)35-40(8)52(42(50)10)59(11,12)13/h16-17,19-36H,1,18H2,2-15H3/b23-17-,47-22+. The summed E-state index contributed by atoms with van der Waals surface area (Å²) in [6.07, 6.45) is 9.22. The topological polar surface area (TPSA) is 35.6 Å². The largest absolute Gasteiger partial charge is 0.330 e. The van der Waals surface area contributed by atoms with Gasteiger partial charge in [0.1, 0.15) is 11.6 Å². The number of benzene rings is 5. The summed E-state index contributed by atoms with van der Waals surface area (Å²) in [6, 6.07) is 33.4. The van der Waals surface area contributed by atoms with Crippen molar-refractivity contribution in [3.05, 3.63) is 172 Å². The smallest absolute Gasteiger partial charge is 0.141 e. The summed E-state index contributed by atoms with van der Waals surface area (Å²) in [6.45, 7) is 31.1. The van der Waals surface area contributed by atoms with E-state index in [0.717, 1.165) is 68.7 Å². The van der Waals surface area contributed by atoms with E-state index in [9.17, 15) is 0 Å². The second-order valence-corrected chi connectivity index (χ2v) is 18.6. The second kappa shape index (κ2) is 17.8. The molecule has 322 valence electrons. The van der Waals surface area contributed by atoms with Crippen molar-refractivity contribution >= 4 is 5.57 Å².